The maximum absolute atomic E-state index is 13.7. The number of hydrogen-bond donors (Lipinski definition) is 3. The molecule has 4 N–H and O–H groups in total. The molecule has 0 aliphatic heterocycles. The number of nitrogens with two attached hydrogens (primary N) is 1. The second-order valence-electron chi connectivity index (χ2n) is 5.21. The first-order chi connectivity index (χ1) is 12.0. The minimum absolute atomic E-state index is 0.0611. The highest BCUT2D eigenvalue weighted by Crippen LogP contribution is 2.27. The van der Waals surface area contributed by atoms with Crippen molar-refractivity contribution < 1.29 is 8.78 Å². The zero-order valence-corrected chi connectivity index (χ0v) is 13.7. The Kier molecular flexibility index (Phi) is 4.95. The van der Waals surface area contributed by atoms with E-state index in [4.69, 9.17) is 17.3 Å². The summed E-state index contributed by atoms with van der Waals surface area (Å²) < 4.78 is 27.0. The molecule has 0 spiro atoms. The lowest BCUT2D eigenvalue weighted by Crippen LogP contribution is -2.08. The molecule has 0 unspecified atom stereocenters. The van der Waals surface area contributed by atoms with Crippen LogP contribution in [-0.2, 0) is 6.54 Å². The van der Waals surface area contributed by atoms with Crippen LogP contribution in [0.3, 0.4) is 0 Å². The third kappa shape index (κ3) is 4.13. The van der Waals surface area contributed by atoms with E-state index in [1.807, 2.05) is 12.1 Å². The Hall–Kier alpha value is -2.93. The monoisotopic (exact) mass is 361 g/mol. The zero-order chi connectivity index (χ0) is 17.8. The highest BCUT2D eigenvalue weighted by atomic mass is 35.5. The molecule has 5 nitrogen and oxygen atoms in total. The maximum atomic E-state index is 13.7. The summed E-state index contributed by atoms with van der Waals surface area (Å²) in [5, 5.41) is 6.40. The largest absolute Gasteiger partial charge is 0.393 e. The molecule has 0 radical (unpaired) electrons. The Morgan fingerprint density at radius 1 is 1.00 bits per heavy atom. The van der Waals surface area contributed by atoms with Gasteiger partial charge in [-0.1, -0.05) is 23.7 Å². The predicted molar refractivity (Wildman–Crippen MR) is 94.9 cm³/mol. The molecule has 3 rings (SSSR count). The first kappa shape index (κ1) is 16.9. The van der Waals surface area contributed by atoms with Crippen molar-refractivity contribution in [1.82, 2.24) is 9.97 Å². The SMILES string of the molecule is Nc1c(NCc2ccc(Cl)cc2)ncnc1Nc1cc(F)ccc1F. The fraction of sp³-hybridized carbons (Fsp3) is 0.0588. The lowest BCUT2D eigenvalue weighted by Gasteiger charge is -2.13. The van der Waals surface area contributed by atoms with E-state index >= 15 is 0 Å². The third-order valence-corrected chi connectivity index (χ3v) is 3.69. The molecular weight excluding hydrogens is 348 g/mol. The Balaban J connectivity index is 1.77. The summed E-state index contributed by atoms with van der Waals surface area (Å²) in [6, 6.07) is 10.4. The summed E-state index contributed by atoms with van der Waals surface area (Å²) in [4.78, 5) is 8.05. The number of halogens is 3. The molecule has 0 bridgehead atoms. The minimum atomic E-state index is -0.616. The summed E-state index contributed by atoms with van der Waals surface area (Å²) in [7, 11) is 0. The average Bonchev–Trinajstić information content (AvgIpc) is 2.60. The van der Waals surface area contributed by atoms with Crippen LogP contribution in [0.2, 0.25) is 5.02 Å². The van der Waals surface area contributed by atoms with Crippen molar-refractivity contribution in [2.45, 2.75) is 6.54 Å². The van der Waals surface area contributed by atoms with Gasteiger partial charge in [-0.05, 0) is 29.8 Å². The van der Waals surface area contributed by atoms with E-state index in [2.05, 4.69) is 20.6 Å². The number of nitrogens with zero attached hydrogens (tertiary/aromatic N) is 2. The molecule has 8 heteroatoms. The number of aromatic nitrogens is 2. The van der Waals surface area contributed by atoms with Gasteiger partial charge in [0.25, 0.3) is 0 Å². The molecule has 0 aliphatic rings. The van der Waals surface area contributed by atoms with Crippen LogP contribution >= 0.6 is 11.6 Å². The van der Waals surface area contributed by atoms with E-state index in [-0.39, 0.29) is 17.2 Å². The van der Waals surface area contributed by atoms with Crippen molar-refractivity contribution in [2.24, 2.45) is 0 Å². The first-order valence-corrected chi connectivity index (χ1v) is 7.71. The number of hydrogen-bond acceptors (Lipinski definition) is 5. The zero-order valence-electron chi connectivity index (χ0n) is 12.9. The maximum Gasteiger partial charge on any atom is 0.159 e. The van der Waals surface area contributed by atoms with Crippen LogP contribution in [-0.4, -0.2) is 9.97 Å². The topological polar surface area (TPSA) is 75.9 Å². The van der Waals surface area contributed by atoms with Gasteiger partial charge in [0.1, 0.15) is 23.6 Å². The smallest absolute Gasteiger partial charge is 0.159 e. The second kappa shape index (κ2) is 7.31. The predicted octanol–water partition coefficient (Wildman–Crippen LogP) is 4.35. The van der Waals surface area contributed by atoms with Gasteiger partial charge in [0.05, 0.1) is 5.69 Å². The molecule has 0 atom stereocenters. The number of nitrogens with one attached hydrogen (secondary N) is 2. The van der Waals surface area contributed by atoms with Crippen molar-refractivity contribution in [3.05, 3.63) is 71.0 Å². The van der Waals surface area contributed by atoms with Crippen molar-refractivity contribution in [2.75, 3.05) is 16.4 Å². The van der Waals surface area contributed by atoms with Crippen LogP contribution in [0.1, 0.15) is 5.56 Å². The van der Waals surface area contributed by atoms with E-state index in [9.17, 15) is 8.78 Å². The number of rotatable bonds is 5. The van der Waals surface area contributed by atoms with E-state index < -0.39 is 11.6 Å². The summed E-state index contributed by atoms with van der Waals surface area (Å²) in [6.45, 7) is 0.464. The normalized spacial score (nSPS) is 10.5. The fourth-order valence-corrected chi connectivity index (χ4v) is 2.27. The highest BCUT2D eigenvalue weighted by Gasteiger charge is 2.11. The number of benzene rings is 2. The lowest BCUT2D eigenvalue weighted by atomic mass is 10.2. The van der Waals surface area contributed by atoms with Gasteiger partial charge in [-0.2, -0.15) is 0 Å². The molecule has 0 saturated heterocycles. The summed E-state index contributed by atoms with van der Waals surface area (Å²) in [5.74, 6) is -0.630. The van der Waals surface area contributed by atoms with Gasteiger partial charge in [0, 0.05) is 17.6 Å². The van der Waals surface area contributed by atoms with Crippen LogP contribution < -0.4 is 16.4 Å². The molecule has 0 amide bonds. The van der Waals surface area contributed by atoms with Crippen LogP contribution in [0.5, 0.6) is 0 Å². The Morgan fingerprint density at radius 3 is 2.48 bits per heavy atom. The second-order valence-corrected chi connectivity index (χ2v) is 5.65. The molecule has 0 aliphatic carbocycles. The van der Waals surface area contributed by atoms with Crippen LogP contribution in [0, 0.1) is 11.6 Å². The van der Waals surface area contributed by atoms with Gasteiger partial charge in [0.2, 0.25) is 0 Å². The van der Waals surface area contributed by atoms with E-state index in [1.165, 1.54) is 6.33 Å². The van der Waals surface area contributed by atoms with Crippen molar-refractivity contribution in [3.63, 3.8) is 0 Å². The fourth-order valence-electron chi connectivity index (χ4n) is 2.14. The van der Waals surface area contributed by atoms with Gasteiger partial charge >= 0.3 is 0 Å². The highest BCUT2D eigenvalue weighted by molar-refractivity contribution is 6.30. The van der Waals surface area contributed by atoms with Crippen LogP contribution in [0.4, 0.5) is 31.8 Å². The molecule has 128 valence electrons. The lowest BCUT2D eigenvalue weighted by molar-refractivity contribution is 0.603. The van der Waals surface area contributed by atoms with E-state index in [1.54, 1.807) is 12.1 Å². The Morgan fingerprint density at radius 2 is 1.72 bits per heavy atom. The minimum Gasteiger partial charge on any atom is -0.393 e. The Labute approximate surface area is 147 Å². The molecule has 2 aromatic carbocycles. The van der Waals surface area contributed by atoms with Gasteiger partial charge < -0.3 is 16.4 Å². The quantitative estimate of drug-likeness (QED) is 0.630. The van der Waals surface area contributed by atoms with Crippen molar-refractivity contribution in [3.8, 4) is 0 Å². The summed E-state index contributed by atoms with van der Waals surface area (Å²) in [6.07, 6.45) is 1.28. The van der Waals surface area contributed by atoms with E-state index in [0.29, 0.717) is 17.4 Å². The molecule has 0 fully saturated rings. The number of nitrogen functional groups attached to an aromatic ring is 1. The van der Waals surface area contributed by atoms with Crippen LogP contribution in [0.15, 0.2) is 48.8 Å². The summed E-state index contributed by atoms with van der Waals surface area (Å²) >= 11 is 5.85. The Bertz CT molecular complexity index is 887. The van der Waals surface area contributed by atoms with Crippen LogP contribution in [0.25, 0.3) is 0 Å². The third-order valence-electron chi connectivity index (χ3n) is 3.44. The van der Waals surface area contributed by atoms with Gasteiger partial charge in [0.15, 0.2) is 11.6 Å². The van der Waals surface area contributed by atoms with E-state index in [0.717, 1.165) is 23.8 Å². The van der Waals surface area contributed by atoms with Gasteiger partial charge in [-0.25, -0.2) is 18.7 Å². The first-order valence-electron chi connectivity index (χ1n) is 7.34. The molecule has 25 heavy (non-hydrogen) atoms. The molecular formula is C17H14ClF2N5. The molecule has 1 aromatic heterocycles. The van der Waals surface area contributed by atoms with Gasteiger partial charge in [-0.3, -0.25) is 0 Å². The summed E-state index contributed by atoms with van der Waals surface area (Å²) in [5.41, 5.74) is 7.13. The average molecular weight is 362 g/mol. The van der Waals surface area contributed by atoms with Crippen molar-refractivity contribution >= 4 is 34.6 Å². The molecule has 1 heterocycles. The van der Waals surface area contributed by atoms with Gasteiger partial charge in [-0.15, -0.1) is 0 Å². The number of anilines is 4. The van der Waals surface area contributed by atoms with Crippen molar-refractivity contribution in [1.29, 1.82) is 0 Å². The standard InChI is InChI=1S/C17H14ClF2N5/c18-11-3-1-10(2-4-11)8-22-16-15(21)17(24-9-23-16)25-14-7-12(19)5-6-13(14)20/h1-7,9H,8,21H2,(H2,22,23,24,25). The molecule has 3 aromatic rings. The molecule has 0 saturated carbocycles.